The molecule has 0 radical (unpaired) electrons. The van der Waals surface area contributed by atoms with Crippen LogP contribution >= 0.6 is 58.1 Å². The van der Waals surface area contributed by atoms with Crippen molar-refractivity contribution in [2.24, 2.45) is 0 Å². The third-order valence-corrected chi connectivity index (χ3v) is 6.06. The molecule has 5 heteroatoms. The van der Waals surface area contributed by atoms with E-state index in [4.69, 9.17) is 23.2 Å². The predicted octanol–water partition coefficient (Wildman–Crippen LogP) is 5.45. The molecule has 1 rings (SSSR count). The first-order valence-corrected chi connectivity index (χ1v) is 8.66. The van der Waals surface area contributed by atoms with Crippen molar-refractivity contribution in [3.8, 4) is 0 Å². The molecule has 1 heterocycles. The van der Waals surface area contributed by atoms with Crippen LogP contribution in [0, 0.1) is 0 Å². The SMILES string of the molecule is CCSc1sc(SCC)c(CCl)c1CCl. The summed E-state index contributed by atoms with van der Waals surface area (Å²) >= 11 is 17.6. The molecule has 0 aliphatic heterocycles. The third-order valence-electron chi connectivity index (χ3n) is 1.86. The van der Waals surface area contributed by atoms with E-state index in [-0.39, 0.29) is 0 Å². The van der Waals surface area contributed by atoms with Gasteiger partial charge in [0, 0.05) is 11.8 Å². The summed E-state index contributed by atoms with van der Waals surface area (Å²) in [5.41, 5.74) is 2.50. The molecule has 1 aromatic rings. The molecule has 0 N–H and O–H groups in total. The highest BCUT2D eigenvalue weighted by molar-refractivity contribution is 8.03. The summed E-state index contributed by atoms with van der Waals surface area (Å²) in [5, 5.41) is 0. The topological polar surface area (TPSA) is 0 Å². The van der Waals surface area contributed by atoms with Gasteiger partial charge in [0.15, 0.2) is 0 Å². The Hall–Kier alpha value is 0.980. The summed E-state index contributed by atoms with van der Waals surface area (Å²) in [7, 11) is 0. The van der Waals surface area contributed by atoms with Crippen LogP contribution in [0.2, 0.25) is 0 Å². The number of alkyl halides is 2. The van der Waals surface area contributed by atoms with Crippen LogP contribution in [-0.4, -0.2) is 11.5 Å². The Kier molecular flexibility index (Phi) is 6.87. The normalized spacial score (nSPS) is 10.9. The lowest BCUT2D eigenvalue weighted by molar-refractivity contribution is 1.22. The molecule has 0 atom stereocenters. The second-order valence-electron chi connectivity index (χ2n) is 2.77. The Balaban J connectivity index is 3.06. The van der Waals surface area contributed by atoms with E-state index in [0.717, 1.165) is 11.5 Å². The number of thioether (sulfide) groups is 2. The largest absolute Gasteiger partial charge is 0.122 e. The van der Waals surface area contributed by atoms with E-state index < -0.39 is 0 Å². The maximum Gasteiger partial charge on any atom is 0.0658 e. The van der Waals surface area contributed by atoms with Crippen molar-refractivity contribution in [1.82, 2.24) is 0 Å². The fourth-order valence-electron chi connectivity index (χ4n) is 1.22. The fraction of sp³-hybridized carbons (Fsp3) is 0.600. The van der Waals surface area contributed by atoms with Gasteiger partial charge in [-0.3, -0.25) is 0 Å². The highest BCUT2D eigenvalue weighted by atomic mass is 35.5. The van der Waals surface area contributed by atoms with E-state index in [1.165, 1.54) is 19.5 Å². The first kappa shape index (κ1) is 14.0. The molecule has 0 bridgehead atoms. The molecule has 0 amide bonds. The van der Waals surface area contributed by atoms with Crippen molar-refractivity contribution in [3.63, 3.8) is 0 Å². The molecule has 0 spiro atoms. The van der Waals surface area contributed by atoms with Gasteiger partial charge in [0.1, 0.15) is 0 Å². The zero-order valence-electron chi connectivity index (χ0n) is 8.81. The van der Waals surface area contributed by atoms with Gasteiger partial charge in [0.25, 0.3) is 0 Å². The highest BCUT2D eigenvalue weighted by Gasteiger charge is 2.16. The minimum absolute atomic E-state index is 0.575. The van der Waals surface area contributed by atoms with Gasteiger partial charge in [0.2, 0.25) is 0 Å². The number of thiophene rings is 1. The van der Waals surface area contributed by atoms with Crippen LogP contribution in [-0.2, 0) is 11.8 Å². The molecule has 0 unspecified atom stereocenters. The highest BCUT2D eigenvalue weighted by Crippen LogP contribution is 2.42. The van der Waals surface area contributed by atoms with E-state index >= 15 is 0 Å². The van der Waals surface area contributed by atoms with Gasteiger partial charge >= 0.3 is 0 Å². The maximum absolute atomic E-state index is 5.99. The van der Waals surface area contributed by atoms with E-state index in [1.54, 1.807) is 0 Å². The van der Waals surface area contributed by atoms with Gasteiger partial charge in [-0.25, -0.2) is 0 Å². The molecular formula is C10H14Cl2S3. The second-order valence-corrected chi connectivity index (χ2v) is 7.39. The van der Waals surface area contributed by atoms with Crippen LogP contribution in [0.3, 0.4) is 0 Å². The molecule has 15 heavy (non-hydrogen) atoms. The van der Waals surface area contributed by atoms with E-state index in [2.05, 4.69) is 13.8 Å². The Labute approximate surface area is 114 Å². The number of hydrogen-bond acceptors (Lipinski definition) is 3. The summed E-state index contributed by atoms with van der Waals surface area (Å²) in [4.78, 5) is 0. The number of halogens is 2. The molecular weight excluding hydrogens is 287 g/mol. The van der Waals surface area contributed by atoms with Gasteiger partial charge < -0.3 is 0 Å². The van der Waals surface area contributed by atoms with Crippen molar-refractivity contribution in [2.75, 3.05) is 11.5 Å². The quantitative estimate of drug-likeness (QED) is 0.506. The van der Waals surface area contributed by atoms with Crippen LogP contribution in [0.4, 0.5) is 0 Å². The summed E-state index contributed by atoms with van der Waals surface area (Å²) in [6, 6.07) is 0. The summed E-state index contributed by atoms with van der Waals surface area (Å²) in [6.07, 6.45) is 0. The third kappa shape index (κ3) is 3.47. The van der Waals surface area contributed by atoms with Crippen LogP contribution in [0.15, 0.2) is 8.42 Å². The molecule has 0 aromatic carbocycles. The van der Waals surface area contributed by atoms with Crippen molar-refractivity contribution in [2.45, 2.75) is 34.0 Å². The zero-order valence-corrected chi connectivity index (χ0v) is 12.8. The van der Waals surface area contributed by atoms with Gasteiger partial charge in [0.05, 0.1) is 8.42 Å². The number of hydrogen-bond donors (Lipinski definition) is 0. The summed E-state index contributed by atoms with van der Waals surface area (Å²) in [6.45, 7) is 4.32. The Morgan fingerprint density at radius 2 is 1.33 bits per heavy atom. The molecule has 0 fully saturated rings. The lowest BCUT2D eigenvalue weighted by atomic mass is 10.2. The zero-order chi connectivity index (χ0) is 11.3. The predicted molar refractivity (Wildman–Crippen MR) is 76.2 cm³/mol. The first-order chi connectivity index (χ1) is 7.28. The van der Waals surface area contributed by atoms with E-state index in [0.29, 0.717) is 11.8 Å². The average Bonchev–Trinajstić information content (AvgIpc) is 2.56. The van der Waals surface area contributed by atoms with Gasteiger partial charge in [-0.15, -0.1) is 58.1 Å². The Bertz CT molecular complexity index is 281. The van der Waals surface area contributed by atoms with Crippen LogP contribution in [0.25, 0.3) is 0 Å². The molecule has 0 aliphatic rings. The second kappa shape index (κ2) is 7.33. The lowest BCUT2D eigenvalue weighted by Gasteiger charge is -2.01. The first-order valence-electron chi connectivity index (χ1n) is 4.80. The molecule has 0 saturated carbocycles. The standard InChI is InChI=1S/C10H14Cl2S3/c1-3-13-9-7(5-11)8(6-12)10(15-9)14-4-2/h3-6H2,1-2H3. The fourth-order valence-corrected chi connectivity index (χ4v) is 6.03. The molecule has 86 valence electrons. The van der Waals surface area contributed by atoms with Gasteiger partial charge in [-0.1, -0.05) is 13.8 Å². The summed E-state index contributed by atoms with van der Waals surface area (Å²) < 4.78 is 2.69. The maximum atomic E-state index is 5.99. The van der Waals surface area contributed by atoms with Crippen LogP contribution in [0.1, 0.15) is 25.0 Å². The number of rotatable bonds is 6. The molecule has 1 aromatic heterocycles. The monoisotopic (exact) mass is 300 g/mol. The van der Waals surface area contributed by atoms with Crippen LogP contribution in [0.5, 0.6) is 0 Å². The molecule has 0 saturated heterocycles. The van der Waals surface area contributed by atoms with Crippen molar-refractivity contribution >= 4 is 58.1 Å². The minimum atomic E-state index is 0.575. The van der Waals surface area contributed by atoms with Crippen molar-refractivity contribution in [1.29, 1.82) is 0 Å². The smallest absolute Gasteiger partial charge is 0.0658 e. The summed E-state index contributed by atoms with van der Waals surface area (Å²) in [5.74, 6) is 3.32. The van der Waals surface area contributed by atoms with E-state index in [9.17, 15) is 0 Å². The van der Waals surface area contributed by atoms with E-state index in [1.807, 2.05) is 34.9 Å². The Morgan fingerprint density at radius 1 is 0.933 bits per heavy atom. The molecule has 0 nitrogen and oxygen atoms in total. The molecule has 0 aliphatic carbocycles. The van der Waals surface area contributed by atoms with Gasteiger partial charge in [-0.2, -0.15) is 0 Å². The lowest BCUT2D eigenvalue weighted by Crippen LogP contribution is -1.85. The van der Waals surface area contributed by atoms with Crippen molar-refractivity contribution < 1.29 is 0 Å². The Morgan fingerprint density at radius 3 is 1.60 bits per heavy atom. The van der Waals surface area contributed by atoms with Crippen molar-refractivity contribution in [3.05, 3.63) is 11.1 Å². The van der Waals surface area contributed by atoms with Gasteiger partial charge in [-0.05, 0) is 22.6 Å². The van der Waals surface area contributed by atoms with Crippen LogP contribution < -0.4 is 0 Å². The minimum Gasteiger partial charge on any atom is -0.122 e. The average molecular weight is 301 g/mol.